The van der Waals surface area contributed by atoms with Gasteiger partial charge >= 0.3 is 0 Å². The van der Waals surface area contributed by atoms with Gasteiger partial charge in [-0.05, 0) is 69.8 Å². The monoisotopic (exact) mass is 260 g/mol. The van der Waals surface area contributed by atoms with E-state index in [9.17, 15) is 0 Å². The van der Waals surface area contributed by atoms with E-state index >= 15 is 0 Å². The summed E-state index contributed by atoms with van der Waals surface area (Å²) >= 11 is 0. The second-order valence-electron chi connectivity index (χ2n) is 6.44. The van der Waals surface area contributed by atoms with Crippen LogP contribution in [0.4, 0.5) is 5.69 Å². The van der Waals surface area contributed by atoms with Gasteiger partial charge in [0.25, 0.3) is 0 Å². The molecule has 0 saturated carbocycles. The summed E-state index contributed by atoms with van der Waals surface area (Å²) in [6.45, 7) is 7.45. The lowest BCUT2D eigenvalue weighted by atomic mass is 9.90. The van der Waals surface area contributed by atoms with E-state index in [4.69, 9.17) is 4.74 Å². The van der Waals surface area contributed by atoms with Crippen LogP contribution in [0, 0.1) is 5.92 Å². The smallest absolute Gasteiger partial charge is 0.143 e. The summed E-state index contributed by atoms with van der Waals surface area (Å²) in [5.41, 5.74) is 2.48. The average Bonchev–Trinajstić information content (AvgIpc) is 2.39. The molecule has 0 aromatic heterocycles. The molecule has 0 aliphatic carbocycles. The molecule has 1 aromatic rings. The van der Waals surface area contributed by atoms with Gasteiger partial charge in [-0.2, -0.15) is 0 Å². The Balaban J connectivity index is 1.71. The van der Waals surface area contributed by atoms with E-state index in [1.165, 1.54) is 37.9 Å². The third-order valence-corrected chi connectivity index (χ3v) is 4.12. The second-order valence-corrected chi connectivity index (χ2v) is 6.44. The Bertz CT molecular complexity index is 450. The van der Waals surface area contributed by atoms with Crippen LogP contribution in [0.3, 0.4) is 0 Å². The lowest BCUT2D eigenvalue weighted by molar-refractivity contribution is 0.116. The Hall–Kier alpha value is -1.22. The van der Waals surface area contributed by atoms with Crippen molar-refractivity contribution in [2.75, 3.05) is 25.0 Å². The predicted octanol–water partition coefficient (Wildman–Crippen LogP) is 2.81. The van der Waals surface area contributed by atoms with Crippen LogP contribution in [0.1, 0.15) is 32.3 Å². The zero-order valence-corrected chi connectivity index (χ0v) is 12.0. The Kier molecular flexibility index (Phi) is 3.40. The summed E-state index contributed by atoms with van der Waals surface area (Å²) in [7, 11) is 0. The number of ether oxygens (including phenoxy) is 1. The number of piperidine rings is 1. The van der Waals surface area contributed by atoms with Gasteiger partial charge in [0.15, 0.2) is 0 Å². The number of rotatable bonds is 2. The Morgan fingerprint density at radius 2 is 2.05 bits per heavy atom. The highest BCUT2D eigenvalue weighted by Gasteiger charge is 2.26. The van der Waals surface area contributed by atoms with Gasteiger partial charge in [-0.25, -0.2) is 0 Å². The minimum Gasteiger partial charge on any atom is -0.484 e. The van der Waals surface area contributed by atoms with Crippen LogP contribution in [0.5, 0.6) is 5.75 Å². The van der Waals surface area contributed by atoms with Crippen molar-refractivity contribution < 1.29 is 4.74 Å². The highest BCUT2D eigenvalue weighted by molar-refractivity contribution is 5.60. The quantitative estimate of drug-likeness (QED) is 0.858. The first-order valence-electron chi connectivity index (χ1n) is 7.39. The SMILES string of the molecule is CC1(C)CNc2cc(CC3CCNCC3)ccc2O1. The Labute approximate surface area is 115 Å². The third kappa shape index (κ3) is 3.03. The minimum absolute atomic E-state index is 0.108. The van der Waals surface area contributed by atoms with E-state index in [0.717, 1.165) is 23.9 Å². The van der Waals surface area contributed by atoms with Crippen molar-refractivity contribution in [3.05, 3.63) is 23.8 Å². The standard InChI is InChI=1S/C16H24N2O/c1-16(2)11-18-14-10-13(3-4-15(14)19-16)9-12-5-7-17-8-6-12/h3-4,10,12,17-18H,5-9,11H2,1-2H3. The number of anilines is 1. The minimum atomic E-state index is -0.108. The fourth-order valence-electron chi connectivity index (χ4n) is 2.99. The van der Waals surface area contributed by atoms with Gasteiger partial charge in [-0.1, -0.05) is 6.07 Å². The molecule has 0 unspecified atom stereocenters. The van der Waals surface area contributed by atoms with Crippen LogP contribution >= 0.6 is 0 Å². The van der Waals surface area contributed by atoms with Crippen molar-refractivity contribution >= 4 is 5.69 Å². The molecule has 0 spiro atoms. The summed E-state index contributed by atoms with van der Waals surface area (Å²) in [4.78, 5) is 0. The van der Waals surface area contributed by atoms with E-state index in [-0.39, 0.29) is 5.60 Å². The summed E-state index contributed by atoms with van der Waals surface area (Å²) in [6.07, 6.45) is 3.79. The molecule has 3 nitrogen and oxygen atoms in total. The first-order valence-corrected chi connectivity index (χ1v) is 7.39. The molecule has 1 fully saturated rings. The van der Waals surface area contributed by atoms with Gasteiger partial charge in [-0.3, -0.25) is 0 Å². The highest BCUT2D eigenvalue weighted by Crippen LogP contribution is 2.34. The van der Waals surface area contributed by atoms with Crippen molar-refractivity contribution in [1.29, 1.82) is 0 Å². The topological polar surface area (TPSA) is 33.3 Å². The Morgan fingerprint density at radius 1 is 1.26 bits per heavy atom. The number of hydrogen-bond acceptors (Lipinski definition) is 3. The molecule has 104 valence electrons. The zero-order chi connectivity index (χ0) is 13.3. The average molecular weight is 260 g/mol. The third-order valence-electron chi connectivity index (χ3n) is 4.12. The Morgan fingerprint density at radius 3 is 2.84 bits per heavy atom. The number of hydrogen-bond donors (Lipinski definition) is 2. The van der Waals surface area contributed by atoms with Crippen molar-refractivity contribution in [2.45, 2.75) is 38.7 Å². The van der Waals surface area contributed by atoms with E-state index in [1.807, 2.05) is 0 Å². The number of benzene rings is 1. The molecule has 1 saturated heterocycles. The van der Waals surface area contributed by atoms with Crippen molar-refractivity contribution in [3.8, 4) is 5.75 Å². The van der Waals surface area contributed by atoms with E-state index in [2.05, 4.69) is 42.7 Å². The second kappa shape index (κ2) is 5.04. The maximum atomic E-state index is 5.99. The molecule has 2 heterocycles. The van der Waals surface area contributed by atoms with E-state index in [0.29, 0.717) is 0 Å². The van der Waals surface area contributed by atoms with Crippen LogP contribution in [0.15, 0.2) is 18.2 Å². The maximum Gasteiger partial charge on any atom is 0.143 e. The highest BCUT2D eigenvalue weighted by atomic mass is 16.5. The van der Waals surface area contributed by atoms with Crippen molar-refractivity contribution in [1.82, 2.24) is 5.32 Å². The van der Waals surface area contributed by atoms with Crippen LogP contribution in [-0.4, -0.2) is 25.2 Å². The molecule has 0 atom stereocenters. The molecular weight excluding hydrogens is 236 g/mol. The fraction of sp³-hybridized carbons (Fsp3) is 0.625. The molecule has 3 heteroatoms. The van der Waals surface area contributed by atoms with Gasteiger partial charge in [0.2, 0.25) is 0 Å². The summed E-state index contributed by atoms with van der Waals surface area (Å²) < 4.78 is 5.99. The van der Waals surface area contributed by atoms with Gasteiger partial charge < -0.3 is 15.4 Å². The molecule has 2 aliphatic heterocycles. The summed E-state index contributed by atoms with van der Waals surface area (Å²) in [5.74, 6) is 1.82. The molecule has 0 amide bonds. The van der Waals surface area contributed by atoms with Gasteiger partial charge in [0.1, 0.15) is 11.4 Å². The molecule has 19 heavy (non-hydrogen) atoms. The van der Waals surface area contributed by atoms with Gasteiger partial charge in [0.05, 0.1) is 12.2 Å². The van der Waals surface area contributed by atoms with Crippen LogP contribution < -0.4 is 15.4 Å². The zero-order valence-electron chi connectivity index (χ0n) is 12.0. The first-order chi connectivity index (χ1) is 9.12. The number of nitrogens with one attached hydrogen (secondary N) is 2. The molecule has 0 bridgehead atoms. The summed E-state index contributed by atoms with van der Waals surface area (Å²) in [6, 6.07) is 6.62. The van der Waals surface area contributed by atoms with Crippen LogP contribution in [0.2, 0.25) is 0 Å². The maximum absolute atomic E-state index is 5.99. The molecule has 0 radical (unpaired) electrons. The fourth-order valence-corrected chi connectivity index (χ4v) is 2.99. The lowest BCUT2D eigenvalue weighted by Crippen LogP contribution is -2.40. The van der Waals surface area contributed by atoms with Crippen LogP contribution in [0.25, 0.3) is 0 Å². The molecule has 2 N–H and O–H groups in total. The van der Waals surface area contributed by atoms with Crippen molar-refractivity contribution in [2.24, 2.45) is 5.92 Å². The normalized spacial score (nSPS) is 22.2. The van der Waals surface area contributed by atoms with Gasteiger partial charge in [-0.15, -0.1) is 0 Å². The van der Waals surface area contributed by atoms with E-state index < -0.39 is 0 Å². The lowest BCUT2D eigenvalue weighted by Gasteiger charge is -2.34. The van der Waals surface area contributed by atoms with Gasteiger partial charge in [0, 0.05) is 0 Å². The predicted molar refractivity (Wildman–Crippen MR) is 78.9 cm³/mol. The summed E-state index contributed by atoms with van der Waals surface area (Å²) in [5, 5.41) is 6.92. The molecular formula is C16H24N2O. The first kappa shape index (κ1) is 12.8. The largest absolute Gasteiger partial charge is 0.484 e. The van der Waals surface area contributed by atoms with Crippen LogP contribution in [-0.2, 0) is 6.42 Å². The molecule has 2 aliphatic rings. The molecule has 3 rings (SSSR count). The van der Waals surface area contributed by atoms with Crippen molar-refractivity contribution in [3.63, 3.8) is 0 Å². The molecule has 1 aromatic carbocycles. The van der Waals surface area contributed by atoms with E-state index in [1.54, 1.807) is 0 Å². The number of fused-ring (bicyclic) bond motifs is 1.